The molecule has 4 heteroatoms. The van der Waals surface area contributed by atoms with Gasteiger partial charge in [0, 0.05) is 5.92 Å². The van der Waals surface area contributed by atoms with E-state index >= 15 is 0 Å². The average Bonchev–Trinajstić information content (AvgIpc) is 2.47. The first-order valence-electron chi connectivity index (χ1n) is 5.37. The molecule has 1 aliphatic heterocycles. The third kappa shape index (κ3) is 2.40. The minimum Gasteiger partial charge on any atom is -0.310 e. The molecule has 0 aliphatic carbocycles. The molecule has 2 rings (SSSR count). The summed E-state index contributed by atoms with van der Waals surface area (Å²) in [6.45, 7) is 1.31. The summed E-state index contributed by atoms with van der Waals surface area (Å²) in [5, 5.41) is 4.14. The molecule has 1 aromatic carbocycles. The van der Waals surface area contributed by atoms with Crippen molar-refractivity contribution in [1.29, 1.82) is 0 Å². The quantitative estimate of drug-likeness (QED) is 0.838. The minimum atomic E-state index is -0.110. The lowest BCUT2D eigenvalue weighted by atomic mass is 9.91. The molecule has 1 N–H and O–H groups in total. The van der Waals surface area contributed by atoms with Crippen LogP contribution in [0.4, 0.5) is 0 Å². The predicted molar refractivity (Wildman–Crippen MR) is 66.3 cm³/mol. The van der Waals surface area contributed by atoms with Gasteiger partial charge in [-0.3, -0.25) is 4.79 Å². The fourth-order valence-corrected chi connectivity index (χ4v) is 2.49. The third-order valence-electron chi connectivity index (χ3n) is 2.89. The summed E-state index contributed by atoms with van der Waals surface area (Å²) in [5.41, 5.74) is 0.864. The Bertz CT molecular complexity index is 406. The van der Waals surface area contributed by atoms with E-state index < -0.39 is 0 Å². The Hall–Kier alpha value is -0.570. The maximum Gasteiger partial charge on any atom is 0.154 e. The summed E-state index contributed by atoms with van der Waals surface area (Å²) < 4.78 is 0. The second kappa shape index (κ2) is 5.17. The van der Waals surface area contributed by atoms with E-state index in [2.05, 4.69) is 5.32 Å². The molecule has 1 heterocycles. The van der Waals surface area contributed by atoms with Crippen LogP contribution in [0.2, 0.25) is 10.0 Å². The number of carbonyl (C=O) groups is 1. The highest BCUT2D eigenvalue weighted by molar-refractivity contribution is 6.42. The van der Waals surface area contributed by atoms with Gasteiger partial charge in [0.25, 0.3) is 0 Å². The molecule has 0 spiro atoms. The fourth-order valence-electron chi connectivity index (χ4n) is 2.05. The number of rotatable bonds is 1. The van der Waals surface area contributed by atoms with Gasteiger partial charge in [-0.2, -0.15) is 0 Å². The van der Waals surface area contributed by atoms with Crippen LogP contribution in [0.25, 0.3) is 0 Å². The molecular formula is C12H13Cl2NO. The molecule has 86 valence electrons. The van der Waals surface area contributed by atoms with E-state index in [4.69, 9.17) is 23.2 Å². The van der Waals surface area contributed by atoms with E-state index in [1.807, 2.05) is 12.1 Å². The van der Waals surface area contributed by atoms with Gasteiger partial charge in [-0.25, -0.2) is 0 Å². The van der Waals surface area contributed by atoms with E-state index in [9.17, 15) is 4.79 Å². The molecule has 0 amide bonds. The van der Waals surface area contributed by atoms with Crippen LogP contribution >= 0.6 is 23.2 Å². The largest absolute Gasteiger partial charge is 0.310 e. The zero-order valence-corrected chi connectivity index (χ0v) is 10.3. The number of ketones is 1. The highest BCUT2D eigenvalue weighted by Crippen LogP contribution is 2.34. The maximum absolute atomic E-state index is 11.9. The number of benzene rings is 1. The van der Waals surface area contributed by atoms with Crippen LogP contribution in [0.3, 0.4) is 0 Å². The van der Waals surface area contributed by atoms with Crippen LogP contribution in [-0.2, 0) is 4.79 Å². The van der Waals surface area contributed by atoms with Crippen LogP contribution in [0.5, 0.6) is 0 Å². The fraction of sp³-hybridized carbons (Fsp3) is 0.417. The van der Waals surface area contributed by atoms with Crippen molar-refractivity contribution >= 4 is 29.0 Å². The topological polar surface area (TPSA) is 29.1 Å². The number of nitrogens with one attached hydrogen (secondary N) is 1. The number of hydrogen-bond acceptors (Lipinski definition) is 2. The van der Waals surface area contributed by atoms with E-state index in [1.54, 1.807) is 6.07 Å². The van der Waals surface area contributed by atoms with E-state index in [-0.39, 0.29) is 11.7 Å². The summed E-state index contributed by atoms with van der Waals surface area (Å²) in [4.78, 5) is 11.9. The molecule has 1 aromatic rings. The Labute approximate surface area is 105 Å². The van der Waals surface area contributed by atoms with E-state index in [0.29, 0.717) is 16.6 Å². The van der Waals surface area contributed by atoms with Gasteiger partial charge in [-0.15, -0.1) is 0 Å². The lowest BCUT2D eigenvalue weighted by Crippen LogP contribution is -2.23. The predicted octanol–water partition coefficient (Wildman–Crippen LogP) is 3.03. The number of carbonyl (C=O) groups excluding carboxylic acids is 1. The standard InChI is InChI=1S/C12H13Cl2NO/c13-10-5-1-3-9(12(10)14)8-4-2-6-15-7-11(8)16/h1,3,5,8,15H,2,4,6-7H2. The summed E-state index contributed by atoms with van der Waals surface area (Å²) >= 11 is 12.1. The summed E-state index contributed by atoms with van der Waals surface area (Å²) in [6.07, 6.45) is 1.82. The van der Waals surface area contributed by atoms with Crippen LogP contribution in [0.15, 0.2) is 18.2 Å². The van der Waals surface area contributed by atoms with Crippen LogP contribution < -0.4 is 5.32 Å². The van der Waals surface area contributed by atoms with Gasteiger partial charge in [0.2, 0.25) is 0 Å². The van der Waals surface area contributed by atoms with Crippen molar-refractivity contribution in [1.82, 2.24) is 5.32 Å². The second-order valence-electron chi connectivity index (χ2n) is 3.98. The molecule has 0 radical (unpaired) electrons. The number of halogens is 2. The summed E-state index contributed by atoms with van der Waals surface area (Å²) in [5.74, 6) is 0.0860. The van der Waals surface area contributed by atoms with Gasteiger partial charge >= 0.3 is 0 Å². The van der Waals surface area contributed by atoms with Gasteiger partial charge in [-0.05, 0) is 31.0 Å². The molecule has 0 saturated carbocycles. The molecule has 1 aliphatic rings. The Morgan fingerprint density at radius 3 is 2.94 bits per heavy atom. The molecule has 1 unspecified atom stereocenters. The number of Topliss-reactive ketones (excluding diaryl/α,β-unsaturated/α-hetero) is 1. The number of hydrogen-bond donors (Lipinski definition) is 1. The molecular weight excluding hydrogens is 245 g/mol. The highest BCUT2D eigenvalue weighted by Gasteiger charge is 2.24. The smallest absolute Gasteiger partial charge is 0.154 e. The van der Waals surface area contributed by atoms with Crippen molar-refractivity contribution in [2.45, 2.75) is 18.8 Å². The second-order valence-corrected chi connectivity index (χ2v) is 4.77. The van der Waals surface area contributed by atoms with Crippen LogP contribution in [-0.4, -0.2) is 18.9 Å². The molecule has 0 aromatic heterocycles. The highest BCUT2D eigenvalue weighted by atomic mass is 35.5. The monoisotopic (exact) mass is 257 g/mol. The SMILES string of the molecule is O=C1CNCCCC1c1cccc(Cl)c1Cl. The first kappa shape index (κ1) is 11.9. The Morgan fingerprint density at radius 1 is 1.31 bits per heavy atom. The van der Waals surface area contributed by atoms with E-state index in [1.165, 1.54) is 0 Å². The molecule has 1 fully saturated rings. The molecule has 1 atom stereocenters. The van der Waals surface area contributed by atoms with Gasteiger partial charge in [-0.1, -0.05) is 35.3 Å². The van der Waals surface area contributed by atoms with Crippen molar-refractivity contribution in [3.8, 4) is 0 Å². The first-order chi connectivity index (χ1) is 7.70. The van der Waals surface area contributed by atoms with Crippen molar-refractivity contribution < 1.29 is 4.79 Å². The maximum atomic E-state index is 11.9. The lowest BCUT2D eigenvalue weighted by Gasteiger charge is -2.15. The Morgan fingerprint density at radius 2 is 2.12 bits per heavy atom. The zero-order valence-electron chi connectivity index (χ0n) is 8.80. The van der Waals surface area contributed by atoms with Gasteiger partial charge in [0.1, 0.15) is 0 Å². The van der Waals surface area contributed by atoms with Crippen LogP contribution in [0.1, 0.15) is 24.3 Å². The first-order valence-corrected chi connectivity index (χ1v) is 6.13. The minimum absolute atomic E-state index is 0.110. The average molecular weight is 258 g/mol. The summed E-state index contributed by atoms with van der Waals surface area (Å²) in [6, 6.07) is 5.48. The van der Waals surface area contributed by atoms with Crippen molar-refractivity contribution in [3.05, 3.63) is 33.8 Å². The summed E-state index contributed by atoms with van der Waals surface area (Å²) in [7, 11) is 0. The Balaban J connectivity index is 2.34. The normalized spacial score (nSPS) is 21.9. The van der Waals surface area contributed by atoms with Gasteiger partial charge < -0.3 is 5.32 Å². The van der Waals surface area contributed by atoms with Crippen molar-refractivity contribution in [2.75, 3.05) is 13.1 Å². The third-order valence-corrected chi connectivity index (χ3v) is 3.72. The van der Waals surface area contributed by atoms with Crippen LogP contribution in [0, 0.1) is 0 Å². The Kier molecular flexibility index (Phi) is 3.85. The van der Waals surface area contributed by atoms with Crippen molar-refractivity contribution in [3.63, 3.8) is 0 Å². The van der Waals surface area contributed by atoms with E-state index in [0.717, 1.165) is 24.9 Å². The molecule has 1 saturated heterocycles. The van der Waals surface area contributed by atoms with Crippen molar-refractivity contribution in [2.24, 2.45) is 0 Å². The zero-order chi connectivity index (χ0) is 11.5. The van der Waals surface area contributed by atoms with Gasteiger partial charge in [0.15, 0.2) is 5.78 Å². The molecule has 0 bridgehead atoms. The molecule has 16 heavy (non-hydrogen) atoms. The van der Waals surface area contributed by atoms with Gasteiger partial charge in [0.05, 0.1) is 16.6 Å². The molecule has 2 nitrogen and oxygen atoms in total. The lowest BCUT2D eigenvalue weighted by molar-refractivity contribution is -0.119.